The van der Waals surface area contributed by atoms with Crippen molar-refractivity contribution in [2.24, 2.45) is 0 Å². The molecule has 0 aromatic heterocycles. The van der Waals surface area contributed by atoms with Crippen LogP contribution in [-0.4, -0.2) is 56.9 Å². The first-order valence-corrected chi connectivity index (χ1v) is 9.61. The predicted octanol–water partition coefficient (Wildman–Crippen LogP) is 0.993. The zero-order valence-electron chi connectivity index (χ0n) is 13.3. The minimum atomic E-state index is -2.97. The smallest absolute Gasteiger partial charge is 0.223 e. The van der Waals surface area contributed by atoms with Gasteiger partial charge in [0.2, 0.25) is 5.91 Å². The summed E-state index contributed by atoms with van der Waals surface area (Å²) in [6.07, 6.45) is 1.64. The third kappa shape index (κ3) is 5.58. The number of carbonyl (C=O) groups excluding carboxylic acids is 1. The molecule has 1 saturated heterocycles. The number of hydrogen-bond acceptors (Lipinski definition) is 4. The maximum absolute atomic E-state index is 12.8. The molecule has 1 aromatic rings. The lowest BCUT2D eigenvalue weighted by molar-refractivity contribution is -0.131. The summed E-state index contributed by atoms with van der Waals surface area (Å²) in [4.78, 5) is 13.6. The van der Waals surface area contributed by atoms with E-state index in [4.69, 9.17) is 0 Å². The standard InChI is InChI=1S/C16H23FN2O3S/c1-19(15-8-11-23(21,22)12-15)16(20)7-10-18-9-6-13-2-4-14(17)5-3-13/h2-5,15,18H,6-12H2,1H3. The second kappa shape index (κ2) is 7.88. The van der Waals surface area contributed by atoms with Crippen LogP contribution in [0.2, 0.25) is 0 Å². The van der Waals surface area contributed by atoms with Crippen molar-refractivity contribution in [1.29, 1.82) is 0 Å². The second-order valence-electron chi connectivity index (χ2n) is 5.94. The Morgan fingerprint density at radius 2 is 2.00 bits per heavy atom. The fourth-order valence-electron chi connectivity index (χ4n) is 2.66. The summed E-state index contributed by atoms with van der Waals surface area (Å²) in [5.74, 6) is -0.0380. The van der Waals surface area contributed by atoms with Gasteiger partial charge in [0.05, 0.1) is 11.5 Å². The van der Waals surface area contributed by atoms with Gasteiger partial charge in [0.25, 0.3) is 0 Å². The van der Waals surface area contributed by atoms with Crippen LogP contribution in [0.1, 0.15) is 18.4 Å². The number of amides is 1. The van der Waals surface area contributed by atoms with Crippen LogP contribution in [0.5, 0.6) is 0 Å². The van der Waals surface area contributed by atoms with E-state index in [2.05, 4.69) is 5.32 Å². The van der Waals surface area contributed by atoms with E-state index in [0.29, 0.717) is 25.9 Å². The number of rotatable bonds is 7. The molecule has 1 aliphatic rings. The Balaban J connectivity index is 1.64. The maximum atomic E-state index is 12.8. The summed E-state index contributed by atoms with van der Waals surface area (Å²) in [5, 5.41) is 3.18. The van der Waals surface area contributed by atoms with Crippen LogP contribution in [0.15, 0.2) is 24.3 Å². The number of nitrogens with one attached hydrogen (secondary N) is 1. The van der Waals surface area contributed by atoms with Crippen molar-refractivity contribution in [1.82, 2.24) is 10.2 Å². The van der Waals surface area contributed by atoms with Gasteiger partial charge in [-0.1, -0.05) is 12.1 Å². The lowest BCUT2D eigenvalue weighted by atomic mass is 10.1. The summed E-state index contributed by atoms with van der Waals surface area (Å²) in [6, 6.07) is 6.17. The van der Waals surface area contributed by atoms with Gasteiger partial charge in [-0.25, -0.2) is 12.8 Å². The zero-order valence-corrected chi connectivity index (χ0v) is 14.1. The van der Waals surface area contributed by atoms with Gasteiger partial charge in [-0.05, 0) is 37.1 Å². The number of nitrogens with zero attached hydrogens (tertiary/aromatic N) is 1. The Kier molecular flexibility index (Phi) is 6.12. The summed E-state index contributed by atoms with van der Waals surface area (Å²) >= 11 is 0. The van der Waals surface area contributed by atoms with E-state index in [-0.39, 0.29) is 29.3 Å². The maximum Gasteiger partial charge on any atom is 0.223 e. The number of carbonyl (C=O) groups is 1. The largest absolute Gasteiger partial charge is 0.342 e. The van der Waals surface area contributed by atoms with Gasteiger partial charge in [-0.3, -0.25) is 4.79 Å². The Labute approximate surface area is 136 Å². The summed E-state index contributed by atoms with van der Waals surface area (Å²) in [5.41, 5.74) is 1.04. The molecule has 1 atom stereocenters. The highest BCUT2D eigenvalue weighted by molar-refractivity contribution is 7.91. The molecule has 1 unspecified atom stereocenters. The van der Waals surface area contributed by atoms with Gasteiger partial charge in [-0.15, -0.1) is 0 Å². The first-order valence-electron chi connectivity index (χ1n) is 7.78. The van der Waals surface area contributed by atoms with E-state index in [1.807, 2.05) is 0 Å². The summed E-state index contributed by atoms with van der Waals surface area (Å²) < 4.78 is 35.7. The Hall–Kier alpha value is -1.47. The quantitative estimate of drug-likeness (QED) is 0.751. The SMILES string of the molecule is CN(C(=O)CCNCCc1ccc(F)cc1)C1CCS(=O)(=O)C1. The highest BCUT2D eigenvalue weighted by Crippen LogP contribution is 2.16. The highest BCUT2D eigenvalue weighted by atomic mass is 32.2. The van der Waals surface area contributed by atoms with Crippen LogP contribution in [0.25, 0.3) is 0 Å². The average molecular weight is 342 g/mol. The Bertz CT molecular complexity index is 631. The molecule has 0 spiro atoms. The van der Waals surface area contributed by atoms with Crippen LogP contribution in [-0.2, 0) is 21.1 Å². The van der Waals surface area contributed by atoms with Crippen molar-refractivity contribution < 1.29 is 17.6 Å². The van der Waals surface area contributed by atoms with Crippen molar-refractivity contribution in [3.63, 3.8) is 0 Å². The minimum Gasteiger partial charge on any atom is -0.342 e. The van der Waals surface area contributed by atoms with Crippen LogP contribution in [0.3, 0.4) is 0 Å². The first-order chi connectivity index (χ1) is 10.9. The van der Waals surface area contributed by atoms with Gasteiger partial charge < -0.3 is 10.2 Å². The topological polar surface area (TPSA) is 66.5 Å². The van der Waals surface area contributed by atoms with Gasteiger partial charge in [0, 0.05) is 26.1 Å². The molecule has 23 heavy (non-hydrogen) atoms. The summed E-state index contributed by atoms with van der Waals surface area (Å²) in [6.45, 7) is 1.25. The lowest BCUT2D eigenvalue weighted by Crippen LogP contribution is -2.39. The Morgan fingerprint density at radius 1 is 1.30 bits per heavy atom. The van der Waals surface area contributed by atoms with Gasteiger partial charge >= 0.3 is 0 Å². The molecular weight excluding hydrogens is 319 g/mol. The van der Waals surface area contributed by atoms with E-state index >= 15 is 0 Å². The molecule has 7 heteroatoms. The molecule has 2 rings (SSSR count). The molecule has 0 bridgehead atoms. The lowest BCUT2D eigenvalue weighted by Gasteiger charge is -2.23. The molecule has 1 fully saturated rings. The fourth-order valence-corrected chi connectivity index (χ4v) is 4.44. The van der Waals surface area contributed by atoms with E-state index in [9.17, 15) is 17.6 Å². The molecule has 1 amide bonds. The molecule has 1 aliphatic heterocycles. The van der Waals surface area contributed by atoms with Gasteiger partial charge in [0.15, 0.2) is 9.84 Å². The second-order valence-corrected chi connectivity index (χ2v) is 8.17. The minimum absolute atomic E-state index is 0.0404. The third-order valence-electron chi connectivity index (χ3n) is 4.17. The zero-order chi connectivity index (χ0) is 16.9. The van der Waals surface area contributed by atoms with Crippen molar-refractivity contribution in [2.75, 3.05) is 31.6 Å². The first kappa shape index (κ1) is 17.9. The molecule has 1 heterocycles. The average Bonchev–Trinajstić information content (AvgIpc) is 2.88. The van der Waals surface area contributed by atoms with E-state index in [1.165, 1.54) is 12.1 Å². The predicted molar refractivity (Wildman–Crippen MR) is 87.4 cm³/mol. The van der Waals surface area contributed by atoms with Crippen molar-refractivity contribution in [2.45, 2.75) is 25.3 Å². The molecule has 0 radical (unpaired) electrons. The highest BCUT2D eigenvalue weighted by Gasteiger charge is 2.32. The Morgan fingerprint density at radius 3 is 2.61 bits per heavy atom. The molecule has 0 saturated carbocycles. The van der Waals surface area contributed by atoms with Crippen molar-refractivity contribution >= 4 is 15.7 Å². The van der Waals surface area contributed by atoms with Crippen LogP contribution < -0.4 is 5.32 Å². The molecular formula is C16H23FN2O3S. The third-order valence-corrected chi connectivity index (χ3v) is 5.92. The number of sulfone groups is 1. The van der Waals surface area contributed by atoms with E-state index in [1.54, 1.807) is 24.1 Å². The fraction of sp³-hybridized carbons (Fsp3) is 0.562. The van der Waals surface area contributed by atoms with E-state index < -0.39 is 9.84 Å². The normalized spacial score (nSPS) is 19.7. The van der Waals surface area contributed by atoms with Crippen molar-refractivity contribution in [3.05, 3.63) is 35.6 Å². The van der Waals surface area contributed by atoms with Crippen LogP contribution >= 0.6 is 0 Å². The molecule has 128 valence electrons. The monoisotopic (exact) mass is 342 g/mol. The number of hydrogen-bond donors (Lipinski definition) is 1. The van der Waals surface area contributed by atoms with Crippen LogP contribution in [0.4, 0.5) is 4.39 Å². The summed E-state index contributed by atoms with van der Waals surface area (Å²) in [7, 11) is -1.30. The van der Waals surface area contributed by atoms with Gasteiger partial charge in [-0.2, -0.15) is 0 Å². The number of benzene rings is 1. The molecule has 1 N–H and O–H groups in total. The van der Waals surface area contributed by atoms with Crippen LogP contribution in [0, 0.1) is 5.82 Å². The van der Waals surface area contributed by atoms with Gasteiger partial charge in [0.1, 0.15) is 5.82 Å². The van der Waals surface area contributed by atoms with Crippen molar-refractivity contribution in [3.8, 4) is 0 Å². The number of halogens is 1. The molecule has 0 aliphatic carbocycles. The molecule has 1 aromatic carbocycles. The molecule has 5 nitrogen and oxygen atoms in total. The van der Waals surface area contributed by atoms with E-state index in [0.717, 1.165) is 12.0 Å².